The van der Waals surface area contributed by atoms with Crippen LogP contribution in [-0.2, 0) is 14.2 Å². The largest absolute Gasteiger partial charge is 0.382 e. The molecule has 0 radical (unpaired) electrons. The molecule has 0 aliphatic carbocycles. The minimum atomic E-state index is 0.219. The van der Waals surface area contributed by atoms with Gasteiger partial charge in [0.2, 0.25) is 0 Å². The zero-order chi connectivity index (χ0) is 11.6. The minimum Gasteiger partial charge on any atom is -0.382 e. The van der Waals surface area contributed by atoms with Crippen LogP contribution in [0.1, 0.15) is 20.3 Å². The highest BCUT2D eigenvalue weighted by Crippen LogP contribution is 2.18. The van der Waals surface area contributed by atoms with Crippen LogP contribution >= 0.6 is 15.9 Å². The maximum atomic E-state index is 5.55. The summed E-state index contributed by atoms with van der Waals surface area (Å²) in [6, 6.07) is 0. The molecule has 0 N–H and O–H groups in total. The molecule has 0 rings (SSSR count). The molecule has 0 aliphatic heterocycles. The third kappa shape index (κ3) is 10.6. The van der Waals surface area contributed by atoms with Crippen LogP contribution in [0.2, 0.25) is 0 Å². The Kier molecular flexibility index (Phi) is 9.81. The molecule has 0 saturated carbocycles. The number of halogens is 1. The topological polar surface area (TPSA) is 27.7 Å². The summed E-state index contributed by atoms with van der Waals surface area (Å²) in [6.45, 7) is 7.99. The second-order valence-electron chi connectivity index (χ2n) is 4.31. The fourth-order valence-electron chi connectivity index (χ4n) is 0.894. The monoisotopic (exact) mass is 282 g/mol. The predicted molar refractivity (Wildman–Crippen MR) is 65.7 cm³/mol. The number of rotatable bonds is 10. The van der Waals surface area contributed by atoms with Crippen molar-refractivity contribution in [2.24, 2.45) is 5.41 Å². The van der Waals surface area contributed by atoms with Crippen molar-refractivity contribution in [3.63, 3.8) is 0 Å². The van der Waals surface area contributed by atoms with E-state index in [-0.39, 0.29) is 5.41 Å². The molecule has 0 heterocycles. The molecule has 4 heteroatoms. The summed E-state index contributed by atoms with van der Waals surface area (Å²) < 4.78 is 15.7. The lowest BCUT2D eigenvalue weighted by atomic mass is 9.99. The fraction of sp³-hybridized carbons (Fsp3) is 1.00. The van der Waals surface area contributed by atoms with Gasteiger partial charge in [-0.1, -0.05) is 29.8 Å². The van der Waals surface area contributed by atoms with E-state index < -0.39 is 0 Å². The lowest BCUT2D eigenvalue weighted by molar-refractivity contribution is 0.0359. The van der Waals surface area contributed by atoms with Crippen LogP contribution in [0.15, 0.2) is 0 Å². The third-order valence-corrected chi connectivity index (χ3v) is 3.38. The second kappa shape index (κ2) is 9.58. The smallest absolute Gasteiger partial charge is 0.0700 e. The van der Waals surface area contributed by atoms with Crippen molar-refractivity contribution in [2.45, 2.75) is 20.3 Å². The summed E-state index contributed by atoms with van der Waals surface area (Å²) in [5.41, 5.74) is 0.219. The Morgan fingerprint density at radius 3 is 2.27 bits per heavy atom. The number of hydrogen-bond acceptors (Lipinski definition) is 3. The Labute approximate surface area is 102 Å². The average molecular weight is 283 g/mol. The Hall–Kier alpha value is 0.360. The molecule has 0 atom stereocenters. The lowest BCUT2D eigenvalue weighted by Gasteiger charge is -2.21. The van der Waals surface area contributed by atoms with Gasteiger partial charge in [-0.3, -0.25) is 0 Å². The van der Waals surface area contributed by atoms with Crippen LogP contribution in [0.25, 0.3) is 0 Å². The van der Waals surface area contributed by atoms with Crippen LogP contribution in [-0.4, -0.2) is 45.5 Å². The van der Waals surface area contributed by atoms with Gasteiger partial charge in [-0.05, 0) is 11.8 Å². The van der Waals surface area contributed by atoms with Crippen LogP contribution in [0.4, 0.5) is 0 Å². The van der Waals surface area contributed by atoms with Crippen LogP contribution in [0, 0.1) is 5.41 Å². The zero-order valence-corrected chi connectivity index (χ0v) is 11.6. The summed E-state index contributed by atoms with van der Waals surface area (Å²) in [6.07, 6.45) is 0.947. The first kappa shape index (κ1) is 15.4. The van der Waals surface area contributed by atoms with Gasteiger partial charge >= 0.3 is 0 Å². The molecule has 0 fully saturated rings. The van der Waals surface area contributed by atoms with Gasteiger partial charge in [0.05, 0.1) is 19.8 Å². The van der Waals surface area contributed by atoms with Crippen LogP contribution in [0.5, 0.6) is 0 Å². The molecule has 0 aromatic heterocycles. The highest BCUT2D eigenvalue weighted by molar-refractivity contribution is 9.09. The molecule has 0 amide bonds. The van der Waals surface area contributed by atoms with Crippen molar-refractivity contribution in [3.8, 4) is 0 Å². The molecule has 0 aromatic rings. The predicted octanol–water partition coefficient (Wildman–Crippen LogP) is 2.48. The molecule has 15 heavy (non-hydrogen) atoms. The van der Waals surface area contributed by atoms with E-state index in [0.717, 1.165) is 31.6 Å². The van der Waals surface area contributed by atoms with Gasteiger partial charge in [-0.25, -0.2) is 0 Å². The fourth-order valence-corrected chi connectivity index (χ4v) is 1.06. The minimum absolute atomic E-state index is 0.219. The first-order chi connectivity index (χ1) is 7.12. The quantitative estimate of drug-likeness (QED) is 0.455. The van der Waals surface area contributed by atoms with Gasteiger partial charge in [0, 0.05) is 25.7 Å². The van der Waals surface area contributed by atoms with E-state index in [0.29, 0.717) is 13.2 Å². The van der Waals surface area contributed by atoms with Crippen molar-refractivity contribution >= 4 is 15.9 Å². The standard InChI is InChI=1S/C11H23BrO3/c1-11(2,9-12)10-15-6-4-5-14-8-7-13-3/h4-10H2,1-3H3. The summed E-state index contributed by atoms with van der Waals surface area (Å²) in [7, 11) is 1.68. The SMILES string of the molecule is COCCOCCCOCC(C)(C)CBr. The van der Waals surface area contributed by atoms with Crippen molar-refractivity contribution in [1.82, 2.24) is 0 Å². The number of alkyl halides is 1. The number of hydrogen-bond donors (Lipinski definition) is 0. The van der Waals surface area contributed by atoms with E-state index >= 15 is 0 Å². The van der Waals surface area contributed by atoms with Crippen molar-refractivity contribution in [3.05, 3.63) is 0 Å². The zero-order valence-electron chi connectivity index (χ0n) is 10.1. The first-order valence-corrected chi connectivity index (χ1v) is 6.45. The highest BCUT2D eigenvalue weighted by atomic mass is 79.9. The van der Waals surface area contributed by atoms with Gasteiger partial charge < -0.3 is 14.2 Å². The number of ether oxygens (including phenoxy) is 3. The van der Waals surface area contributed by atoms with Crippen molar-refractivity contribution in [1.29, 1.82) is 0 Å². The maximum absolute atomic E-state index is 5.55. The summed E-state index contributed by atoms with van der Waals surface area (Å²) in [4.78, 5) is 0. The highest BCUT2D eigenvalue weighted by Gasteiger charge is 2.15. The van der Waals surface area contributed by atoms with Gasteiger partial charge in [0.1, 0.15) is 0 Å². The van der Waals surface area contributed by atoms with E-state index in [9.17, 15) is 0 Å². The molecule has 0 bridgehead atoms. The maximum Gasteiger partial charge on any atom is 0.0700 e. The van der Waals surface area contributed by atoms with Gasteiger partial charge in [0.25, 0.3) is 0 Å². The summed E-state index contributed by atoms with van der Waals surface area (Å²) >= 11 is 3.46. The second-order valence-corrected chi connectivity index (χ2v) is 4.87. The molecule has 92 valence electrons. The summed E-state index contributed by atoms with van der Waals surface area (Å²) in [5.74, 6) is 0. The Balaban J connectivity index is 3.11. The van der Waals surface area contributed by atoms with Crippen molar-refractivity contribution < 1.29 is 14.2 Å². The average Bonchev–Trinajstić information content (AvgIpc) is 2.22. The Morgan fingerprint density at radius 1 is 1.00 bits per heavy atom. The molecular weight excluding hydrogens is 260 g/mol. The third-order valence-electron chi connectivity index (χ3n) is 1.86. The van der Waals surface area contributed by atoms with E-state index in [1.165, 1.54) is 0 Å². The summed E-state index contributed by atoms with van der Waals surface area (Å²) in [5, 5.41) is 0.963. The molecule has 0 aliphatic rings. The molecule has 0 unspecified atom stereocenters. The van der Waals surface area contributed by atoms with E-state index in [4.69, 9.17) is 14.2 Å². The van der Waals surface area contributed by atoms with Gasteiger partial charge in [-0.2, -0.15) is 0 Å². The Morgan fingerprint density at radius 2 is 1.67 bits per heavy atom. The van der Waals surface area contributed by atoms with E-state index in [1.807, 2.05) is 0 Å². The molecule has 0 spiro atoms. The van der Waals surface area contributed by atoms with Crippen LogP contribution < -0.4 is 0 Å². The first-order valence-electron chi connectivity index (χ1n) is 5.33. The van der Waals surface area contributed by atoms with Gasteiger partial charge in [-0.15, -0.1) is 0 Å². The van der Waals surface area contributed by atoms with Crippen LogP contribution in [0.3, 0.4) is 0 Å². The Bertz CT molecular complexity index is 140. The molecular formula is C11H23BrO3. The normalized spacial score (nSPS) is 12.0. The van der Waals surface area contributed by atoms with E-state index in [1.54, 1.807) is 7.11 Å². The molecule has 0 saturated heterocycles. The van der Waals surface area contributed by atoms with Crippen molar-refractivity contribution in [2.75, 3.05) is 45.5 Å². The van der Waals surface area contributed by atoms with Gasteiger partial charge in [0.15, 0.2) is 0 Å². The number of methoxy groups -OCH3 is 1. The lowest BCUT2D eigenvalue weighted by Crippen LogP contribution is -2.21. The molecule has 3 nitrogen and oxygen atoms in total. The van der Waals surface area contributed by atoms with E-state index in [2.05, 4.69) is 29.8 Å². The molecule has 0 aromatic carbocycles.